The second-order valence-corrected chi connectivity index (χ2v) is 2.61. The molecule has 0 spiro atoms. The lowest BCUT2D eigenvalue weighted by atomic mass is 10.3. The number of aromatic nitrogens is 2. The average molecular weight is 162 g/mol. The smallest absolute Gasteiger partial charge is 0.285 e. The van der Waals surface area contributed by atoms with E-state index in [1.54, 1.807) is 6.92 Å². The average Bonchev–Trinajstić information content (AvgIpc) is 1.96. The van der Waals surface area contributed by atoms with Crippen molar-refractivity contribution in [1.29, 1.82) is 0 Å². The molecule has 0 radical (unpaired) electrons. The van der Waals surface area contributed by atoms with Crippen LogP contribution >= 0.6 is 0 Å². The minimum atomic E-state index is -0.273. The molecule has 0 saturated heterocycles. The van der Waals surface area contributed by atoms with Crippen LogP contribution in [0.4, 0.5) is 0 Å². The Hall–Kier alpha value is -1.56. The molecule has 1 aromatic heterocycles. The molecule has 0 aromatic carbocycles. The summed E-state index contributed by atoms with van der Waals surface area (Å²) >= 11 is 0. The Labute approximate surface area is 71.1 Å². The van der Waals surface area contributed by atoms with Crippen molar-refractivity contribution in [1.82, 2.24) is 9.55 Å². The Morgan fingerprint density at radius 1 is 1.67 bits per heavy atom. The first-order valence-electron chi connectivity index (χ1n) is 3.63. The summed E-state index contributed by atoms with van der Waals surface area (Å²) < 4.78 is 1.47. The molecule has 3 nitrogen and oxygen atoms in total. The van der Waals surface area contributed by atoms with Crippen LogP contribution in [0.2, 0.25) is 0 Å². The molecule has 12 heavy (non-hydrogen) atoms. The van der Waals surface area contributed by atoms with Crippen LogP contribution in [0.15, 0.2) is 10.9 Å². The molecular formula is C9H10N2O. The van der Waals surface area contributed by atoms with E-state index in [-0.39, 0.29) is 12.2 Å². The lowest BCUT2D eigenvalue weighted by molar-refractivity contribution is 0.720. The minimum absolute atomic E-state index is 0.273. The zero-order valence-electron chi connectivity index (χ0n) is 7.16. The molecule has 3 heteroatoms. The van der Waals surface area contributed by atoms with Gasteiger partial charge in [-0.3, -0.25) is 4.57 Å². The Morgan fingerprint density at radius 3 is 2.83 bits per heavy atom. The zero-order valence-corrected chi connectivity index (χ0v) is 7.16. The third kappa shape index (κ3) is 1.54. The van der Waals surface area contributed by atoms with Gasteiger partial charge in [-0.15, -0.1) is 6.42 Å². The zero-order chi connectivity index (χ0) is 9.14. The van der Waals surface area contributed by atoms with Gasteiger partial charge in [0.1, 0.15) is 0 Å². The number of hydrogen-bond acceptors (Lipinski definition) is 2. The summed E-state index contributed by atoms with van der Waals surface area (Å²) in [6.45, 7) is 3.92. The summed E-state index contributed by atoms with van der Waals surface area (Å²) in [6.07, 6.45) is 5.10. The Morgan fingerprint density at radius 2 is 2.33 bits per heavy atom. The predicted octanol–water partition coefficient (Wildman–Crippen LogP) is 0.493. The van der Waals surface area contributed by atoms with Crippen molar-refractivity contribution in [3.63, 3.8) is 0 Å². The predicted molar refractivity (Wildman–Crippen MR) is 46.8 cm³/mol. The second kappa shape index (κ2) is 3.22. The van der Waals surface area contributed by atoms with Crippen LogP contribution in [0.3, 0.4) is 0 Å². The topological polar surface area (TPSA) is 34.9 Å². The molecule has 62 valence electrons. The van der Waals surface area contributed by atoms with Crippen LogP contribution in [0.25, 0.3) is 0 Å². The third-order valence-corrected chi connectivity index (χ3v) is 1.60. The van der Waals surface area contributed by atoms with Crippen molar-refractivity contribution in [2.75, 3.05) is 0 Å². The SMILES string of the molecule is C#CCn1c(C)cc(C)nc1=O. The molecule has 0 bridgehead atoms. The first-order chi connectivity index (χ1) is 5.65. The van der Waals surface area contributed by atoms with Crippen molar-refractivity contribution in [2.45, 2.75) is 20.4 Å². The van der Waals surface area contributed by atoms with Gasteiger partial charge in [-0.1, -0.05) is 5.92 Å². The van der Waals surface area contributed by atoms with Crippen molar-refractivity contribution in [3.8, 4) is 12.3 Å². The van der Waals surface area contributed by atoms with Gasteiger partial charge in [-0.05, 0) is 19.9 Å². The maximum atomic E-state index is 11.2. The van der Waals surface area contributed by atoms with Crippen LogP contribution in [0.1, 0.15) is 11.4 Å². The van der Waals surface area contributed by atoms with Crippen molar-refractivity contribution in [2.24, 2.45) is 0 Å². The summed E-state index contributed by atoms with van der Waals surface area (Å²) in [6, 6.07) is 1.83. The van der Waals surface area contributed by atoms with E-state index in [4.69, 9.17) is 6.42 Å². The van der Waals surface area contributed by atoms with E-state index in [0.717, 1.165) is 11.4 Å². The molecule has 0 atom stereocenters. The van der Waals surface area contributed by atoms with Crippen LogP contribution in [0.5, 0.6) is 0 Å². The van der Waals surface area contributed by atoms with Gasteiger partial charge in [0.25, 0.3) is 0 Å². The van der Waals surface area contributed by atoms with E-state index >= 15 is 0 Å². The second-order valence-electron chi connectivity index (χ2n) is 2.61. The van der Waals surface area contributed by atoms with E-state index in [1.165, 1.54) is 4.57 Å². The monoisotopic (exact) mass is 162 g/mol. The lowest BCUT2D eigenvalue weighted by Crippen LogP contribution is -2.25. The molecule has 1 rings (SSSR count). The van der Waals surface area contributed by atoms with Gasteiger partial charge >= 0.3 is 5.69 Å². The molecular weight excluding hydrogens is 152 g/mol. The van der Waals surface area contributed by atoms with Crippen LogP contribution in [-0.2, 0) is 6.54 Å². The first-order valence-corrected chi connectivity index (χ1v) is 3.63. The van der Waals surface area contributed by atoms with Gasteiger partial charge < -0.3 is 0 Å². The van der Waals surface area contributed by atoms with Gasteiger partial charge in [0.2, 0.25) is 0 Å². The van der Waals surface area contributed by atoms with Gasteiger partial charge in [-0.25, -0.2) is 4.79 Å². The highest BCUT2D eigenvalue weighted by atomic mass is 16.1. The molecule has 0 amide bonds. The third-order valence-electron chi connectivity index (χ3n) is 1.60. The van der Waals surface area contributed by atoms with E-state index < -0.39 is 0 Å². The molecule has 0 N–H and O–H groups in total. The summed E-state index contributed by atoms with van der Waals surface area (Å²) in [5.74, 6) is 2.41. The summed E-state index contributed by atoms with van der Waals surface area (Å²) in [5.41, 5.74) is 1.31. The fourth-order valence-electron chi connectivity index (χ4n) is 1.06. The maximum absolute atomic E-state index is 11.2. The number of terminal acetylenes is 1. The molecule has 1 aromatic rings. The number of hydrogen-bond donors (Lipinski definition) is 0. The summed E-state index contributed by atoms with van der Waals surface area (Å²) in [5, 5.41) is 0. The number of aryl methyl sites for hydroxylation is 2. The Bertz CT molecular complexity index is 384. The standard InChI is InChI=1S/C9H10N2O/c1-4-5-11-8(3)6-7(2)10-9(11)12/h1,6H,5H2,2-3H3. The van der Waals surface area contributed by atoms with Crippen LogP contribution < -0.4 is 5.69 Å². The number of nitrogens with zero attached hydrogens (tertiary/aromatic N) is 2. The molecule has 0 unspecified atom stereocenters. The largest absolute Gasteiger partial charge is 0.348 e. The maximum Gasteiger partial charge on any atom is 0.348 e. The number of rotatable bonds is 1. The fourth-order valence-corrected chi connectivity index (χ4v) is 1.06. The highest BCUT2D eigenvalue weighted by molar-refractivity contribution is 5.07. The van der Waals surface area contributed by atoms with Crippen molar-refractivity contribution >= 4 is 0 Å². The van der Waals surface area contributed by atoms with Crippen molar-refractivity contribution < 1.29 is 0 Å². The molecule has 0 aliphatic rings. The minimum Gasteiger partial charge on any atom is -0.285 e. The molecule has 0 aliphatic carbocycles. The van der Waals surface area contributed by atoms with Gasteiger partial charge in [0, 0.05) is 11.4 Å². The molecule has 0 saturated carbocycles. The Kier molecular flexibility index (Phi) is 2.29. The fraction of sp³-hybridized carbons (Fsp3) is 0.333. The highest BCUT2D eigenvalue weighted by Crippen LogP contribution is 1.95. The van der Waals surface area contributed by atoms with Gasteiger partial charge in [0.15, 0.2) is 0 Å². The van der Waals surface area contributed by atoms with Crippen LogP contribution in [0, 0.1) is 26.2 Å². The molecule has 0 fully saturated rings. The van der Waals surface area contributed by atoms with E-state index in [0.29, 0.717) is 0 Å². The lowest BCUT2D eigenvalue weighted by Gasteiger charge is -2.04. The van der Waals surface area contributed by atoms with Crippen LogP contribution in [-0.4, -0.2) is 9.55 Å². The summed E-state index contributed by atoms with van der Waals surface area (Å²) in [4.78, 5) is 15.0. The quantitative estimate of drug-likeness (QED) is 0.563. The molecule has 0 aliphatic heterocycles. The molecule has 1 heterocycles. The van der Waals surface area contributed by atoms with E-state index in [9.17, 15) is 4.79 Å². The normalized spacial score (nSPS) is 9.42. The summed E-state index contributed by atoms with van der Waals surface area (Å²) in [7, 11) is 0. The van der Waals surface area contributed by atoms with E-state index in [2.05, 4.69) is 10.9 Å². The van der Waals surface area contributed by atoms with Gasteiger partial charge in [-0.2, -0.15) is 4.98 Å². The first kappa shape index (κ1) is 8.54. The highest BCUT2D eigenvalue weighted by Gasteiger charge is 1.99. The Balaban J connectivity index is 3.31. The van der Waals surface area contributed by atoms with E-state index in [1.807, 2.05) is 13.0 Å². The van der Waals surface area contributed by atoms with Gasteiger partial charge in [0.05, 0.1) is 6.54 Å². The van der Waals surface area contributed by atoms with Crippen molar-refractivity contribution in [3.05, 3.63) is 27.9 Å².